The van der Waals surface area contributed by atoms with E-state index in [-0.39, 0.29) is 5.54 Å². The molecule has 0 saturated heterocycles. The second kappa shape index (κ2) is 4.01. The third-order valence-corrected chi connectivity index (χ3v) is 2.13. The van der Waals surface area contributed by atoms with E-state index in [1.54, 1.807) is 0 Å². The minimum absolute atomic E-state index is 0.351. The van der Waals surface area contributed by atoms with Crippen LogP contribution in [0.25, 0.3) is 0 Å². The zero-order chi connectivity index (χ0) is 10.8. The van der Waals surface area contributed by atoms with Gasteiger partial charge in [-0.15, -0.1) is 0 Å². The molecule has 0 atom stereocenters. The Kier molecular flexibility index (Phi) is 3.17. The number of hydrogen-bond acceptors (Lipinski definition) is 2. The van der Waals surface area contributed by atoms with Crippen molar-refractivity contribution in [2.45, 2.75) is 33.2 Å². The Morgan fingerprint density at radius 1 is 1.36 bits per heavy atom. The van der Waals surface area contributed by atoms with Gasteiger partial charge in [-0.3, -0.25) is 0 Å². The Labute approximate surface area is 86.1 Å². The lowest BCUT2D eigenvalue weighted by Gasteiger charge is -2.23. The van der Waals surface area contributed by atoms with E-state index in [4.69, 9.17) is 10.5 Å². The highest BCUT2D eigenvalue weighted by molar-refractivity contribution is 5.40. The summed E-state index contributed by atoms with van der Waals surface area (Å²) in [6.45, 7) is 8.69. The van der Waals surface area contributed by atoms with Crippen LogP contribution in [-0.2, 0) is 5.54 Å². The topological polar surface area (TPSA) is 35.2 Å². The van der Waals surface area contributed by atoms with Crippen molar-refractivity contribution >= 4 is 0 Å². The molecule has 1 aromatic carbocycles. The summed E-state index contributed by atoms with van der Waals surface area (Å²) in [5.41, 5.74) is 8.01. The predicted octanol–water partition coefficient (Wildman–Crippen LogP) is 2.59. The molecule has 0 fully saturated rings. The van der Waals surface area contributed by atoms with E-state index in [1.807, 2.05) is 32.9 Å². The van der Waals surface area contributed by atoms with Gasteiger partial charge in [0.1, 0.15) is 5.75 Å². The molecule has 14 heavy (non-hydrogen) atoms. The molecule has 0 amide bonds. The Bertz CT molecular complexity index is 313. The van der Waals surface area contributed by atoms with Gasteiger partial charge in [0, 0.05) is 11.1 Å². The summed E-state index contributed by atoms with van der Waals surface area (Å²) in [5.74, 6) is 0.894. The first kappa shape index (κ1) is 11.1. The summed E-state index contributed by atoms with van der Waals surface area (Å²) < 4.78 is 5.54. The Morgan fingerprint density at radius 2 is 2.00 bits per heavy atom. The molecule has 0 aromatic heterocycles. The molecule has 0 radical (unpaired) electrons. The van der Waals surface area contributed by atoms with Crippen LogP contribution in [0.3, 0.4) is 0 Å². The van der Waals surface area contributed by atoms with Gasteiger partial charge in [-0.1, -0.05) is 17.7 Å². The molecule has 1 aromatic rings. The lowest BCUT2D eigenvalue weighted by Crippen LogP contribution is -2.29. The van der Waals surface area contributed by atoms with E-state index in [9.17, 15) is 0 Å². The minimum atomic E-state index is -0.351. The maximum absolute atomic E-state index is 6.08. The summed E-state index contributed by atoms with van der Waals surface area (Å²) in [7, 11) is 0. The smallest absolute Gasteiger partial charge is 0.124 e. The molecule has 0 unspecified atom stereocenters. The van der Waals surface area contributed by atoms with Gasteiger partial charge in [-0.25, -0.2) is 0 Å². The van der Waals surface area contributed by atoms with Crippen LogP contribution < -0.4 is 10.5 Å². The van der Waals surface area contributed by atoms with Crippen LogP contribution in [0.4, 0.5) is 0 Å². The number of hydrogen-bond donors (Lipinski definition) is 1. The van der Waals surface area contributed by atoms with Gasteiger partial charge in [0.15, 0.2) is 0 Å². The molecule has 0 heterocycles. The normalized spacial score (nSPS) is 11.5. The minimum Gasteiger partial charge on any atom is -0.494 e. The van der Waals surface area contributed by atoms with Gasteiger partial charge in [0.05, 0.1) is 6.61 Å². The van der Waals surface area contributed by atoms with E-state index < -0.39 is 0 Å². The average molecular weight is 193 g/mol. The van der Waals surface area contributed by atoms with Crippen molar-refractivity contribution in [1.29, 1.82) is 0 Å². The molecule has 78 valence electrons. The number of rotatable bonds is 3. The zero-order valence-electron chi connectivity index (χ0n) is 9.42. The lowest BCUT2D eigenvalue weighted by molar-refractivity contribution is 0.328. The largest absolute Gasteiger partial charge is 0.494 e. The quantitative estimate of drug-likeness (QED) is 0.800. The first-order valence-corrected chi connectivity index (χ1v) is 4.98. The molecule has 0 aliphatic carbocycles. The molecule has 2 heteroatoms. The van der Waals surface area contributed by atoms with Crippen LogP contribution in [0.2, 0.25) is 0 Å². The van der Waals surface area contributed by atoms with Crippen molar-refractivity contribution in [3.63, 3.8) is 0 Å². The van der Waals surface area contributed by atoms with Gasteiger partial charge in [0.2, 0.25) is 0 Å². The fraction of sp³-hybridized carbons (Fsp3) is 0.500. The van der Waals surface area contributed by atoms with E-state index in [0.717, 1.165) is 11.3 Å². The molecule has 0 aliphatic rings. The zero-order valence-corrected chi connectivity index (χ0v) is 9.42. The first-order chi connectivity index (χ1) is 6.45. The number of aryl methyl sites for hydroxylation is 1. The second-order valence-corrected chi connectivity index (χ2v) is 4.15. The van der Waals surface area contributed by atoms with Crippen molar-refractivity contribution in [2.75, 3.05) is 6.61 Å². The van der Waals surface area contributed by atoms with Crippen molar-refractivity contribution in [3.8, 4) is 5.75 Å². The van der Waals surface area contributed by atoms with Gasteiger partial charge >= 0.3 is 0 Å². The molecule has 2 N–H and O–H groups in total. The third kappa shape index (κ3) is 2.48. The summed E-state index contributed by atoms with van der Waals surface area (Å²) in [5, 5.41) is 0. The first-order valence-electron chi connectivity index (χ1n) is 4.98. The van der Waals surface area contributed by atoms with Gasteiger partial charge in [-0.2, -0.15) is 0 Å². The molecule has 2 nitrogen and oxygen atoms in total. The molecular weight excluding hydrogens is 174 g/mol. The summed E-state index contributed by atoms with van der Waals surface area (Å²) in [6, 6.07) is 6.12. The van der Waals surface area contributed by atoms with Crippen molar-refractivity contribution in [1.82, 2.24) is 0 Å². The molecule has 1 rings (SSSR count). The standard InChI is InChI=1S/C12H19NO/c1-5-14-11-7-6-9(2)8-10(11)12(3,4)13/h6-8H,5,13H2,1-4H3. The van der Waals surface area contributed by atoms with Gasteiger partial charge < -0.3 is 10.5 Å². The number of benzene rings is 1. The average Bonchev–Trinajstić information content (AvgIpc) is 2.07. The second-order valence-electron chi connectivity index (χ2n) is 4.15. The predicted molar refractivity (Wildman–Crippen MR) is 59.6 cm³/mol. The summed E-state index contributed by atoms with van der Waals surface area (Å²) in [6.07, 6.45) is 0. The van der Waals surface area contributed by atoms with Crippen LogP contribution in [-0.4, -0.2) is 6.61 Å². The number of nitrogens with two attached hydrogens (primary N) is 1. The molecule has 0 saturated carbocycles. The van der Waals surface area contributed by atoms with Crippen molar-refractivity contribution < 1.29 is 4.74 Å². The van der Waals surface area contributed by atoms with E-state index in [2.05, 4.69) is 13.0 Å². The van der Waals surface area contributed by atoms with E-state index in [0.29, 0.717) is 6.61 Å². The van der Waals surface area contributed by atoms with E-state index >= 15 is 0 Å². The Morgan fingerprint density at radius 3 is 2.50 bits per heavy atom. The molecule has 0 spiro atoms. The Hall–Kier alpha value is -1.02. The van der Waals surface area contributed by atoms with Gasteiger partial charge in [-0.05, 0) is 33.8 Å². The SMILES string of the molecule is CCOc1ccc(C)cc1C(C)(C)N. The fourth-order valence-electron chi connectivity index (χ4n) is 1.43. The molecule has 0 bridgehead atoms. The maximum Gasteiger partial charge on any atom is 0.124 e. The van der Waals surface area contributed by atoms with Crippen LogP contribution in [0.15, 0.2) is 18.2 Å². The van der Waals surface area contributed by atoms with Crippen molar-refractivity contribution in [2.24, 2.45) is 5.73 Å². The monoisotopic (exact) mass is 193 g/mol. The maximum atomic E-state index is 6.08. The van der Waals surface area contributed by atoms with Crippen LogP contribution >= 0.6 is 0 Å². The molecular formula is C12H19NO. The highest BCUT2D eigenvalue weighted by atomic mass is 16.5. The molecule has 0 aliphatic heterocycles. The lowest BCUT2D eigenvalue weighted by atomic mass is 9.93. The number of ether oxygens (including phenoxy) is 1. The highest BCUT2D eigenvalue weighted by Crippen LogP contribution is 2.28. The van der Waals surface area contributed by atoms with Crippen molar-refractivity contribution in [3.05, 3.63) is 29.3 Å². The Balaban J connectivity index is 3.16. The van der Waals surface area contributed by atoms with Crippen LogP contribution in [0.1, 0.15) is 31.9 Å². The summed E-state index contributed by atoms with van der Waals surface area (Å²) >= 11 is 0. The fourth-order valence-corrected chi connectivity index (χ4v) is 1.43. The summed E-state index contributed by atoms with van der Waals surface area (Å²) in [4.78, 5) is 0. The highest BCUT2D eigenvalue weighted by Gasteiger charge is 2.19. The van der Waals surface area contributed by atoms with Crippen LogP contribution in [0, 0.1) is 6.92 Å². The van der Waals surface area contributed by atoms with Crippen LogP contribution in [0.5, 0.6) is 5.75 Å². The van der Waals surface area contributed by atoms with Gasteiger partial charge in [0.25, 0.3) is 0 Å². The third-order valence-electron chi connectivity index (χ3n) is 2.13. The van der Waals surface area contributed by atoms with E-state index in [1.165, 1.54) is 5.56 Å².